The van der Waals surface area contributed by atoms with Crippen LogP contribution >= 0.6 is 0 Å². The third-order valence-corrected chi connectivity index (χ3v) is 2.89. The van der Waals surface area contributed by atoms with Crippen LogP contribution in [-0.4, -0.2) is 20.2 Å². The minimum Gasteiger partial charge on any atom is -0.381 e. The Morgan fingerprint density at radius 3 is 2.40 bits per heavy atom. The van der Waals surface area contributed by atoms with Gasteiger partial charge < -0.3 is 5.32 Å². The van der Waals surface area contributed by atoms with Gasteiger partial charge in [0.2, 0.25) is 0 Å². The molecule has 100 valence electrons. The van der Waals surface area contributed by atoms with E-state index < -0.39 is 0 Å². The molecule has 5 nitrogen and oxygen atoms in total. The molecule has 1 N–H and O–H groups in total. The van der Waals surface area contributed by atoms with Crippen LogP contribution in [0.5, 0.6) is 0 Å². The number of anilines is 1. The fourth-order valence-electron chi connectivity index (χ4n) is 1.82. The Bertz CT molecular complexity index is 662. The van der Waals surface area contributed by atoms with Gasteiger partial charge in [-0.25, -0.2) is 9.07 Å². The molecule has 0 aliphatic rings. The minimum absolute atomic E-state index is 0.223. The zero-order chi connectivity index (χ0) is 13.8. The lowest BCUT2D eigenvalue weighted by atomic mass is 10.2. The first-order chi connectivity index (χ1) is 9.81. The van der Waals surface area contributed by atoms with Crippen LogP contribution in [0, 0.1) is 5.82 Å². The van der Waals surface area contributed by atoms with Gasteiger partial charge in [-0.15, -0.1) is 5.10 Å². The molecule has 0 fully saturated rings. The van der Waals surface area contributed by atoms with Crippen LogP contribution in [0.15, 0.2) is 54.9 Å². The van der Waals surface area contributed by atoms with Crippen molar-refractivity contribution in [3.8, 4) is 5.69 Å². The summed E-state index contributed by atoms with van der Waals surface area (Å²) in [6.07, 6.45) is 1.54. The molecule has 1 heterocycles. The smallest absolute Gasteiger partial charge is 0.143 e. The summed E-state index contributed by atoms with van der Waals surface area (Å²) in [4.78, 5) is 0. The molecule has 0 aliphatic heterocycles. The second-order valence-corrected chi connectivity index (χ2v) is 4.28. The van der Waals surface area contributed by atoms with Crippen molar-refractivity contribution < 1.29 is 4.39 Å². The summed E-state index contributed by atoms with van der Waals surface area (Å²) in [7, 11) is 0. The maximum absolute atomic E-state index is 12.8. The molecule has 0 saturated carbocycles. The lowest BCUT2D eigenvalue weighted by molar-refractivity contribution is 0.627. The first kappa shape index (κ1) is 12.3. The van der Waals surface area contributed by atoms with E-state index in [1.54, 1.807) is 23.1 Å². The summed E-state index contributed by atoms with van der Waals surface area (Å²) in [6.45, 7) is 0.643. The molecule has 3 aromatic rings. The van der Waals surface area contributed by atoms with Crippen LogP contribution in [0.1, 0.15) is 5.56 Å². The highest BCUT2D eigenvalue weighted by molar-refractivity contribution is 5.48. The fraction of sp³-hybridized carbons (Fsp3) is 0.0714. The van der Waals surface area contributed by atoms with Gasteiger partial charge >= 0.3 is 0 Å². The van der Waals surface area contributed by atoms with Crippen LogP contribution in [0.25, 0.3) is 5.69 Å². The molecule has 0 saturated heterocycles. The zero-order valence-corrected chi connectivity index (χ0v) is 10.6. The average Bonchev–Trinajstić information content (AvgIpc) is 3.01. The normalized spacial score (nSPS) is 10.4. The second-order valence-electron chi connectivity index (χ2n) is 4.28. The molecule has 0 aliphatic carbocycles. The summed E-state index contributed by atoms with van der Waals surface area (Å²) in [6, 6.07) is 14.2. The molecule has 20 heavy (non-hydrogen) atoms. The van der Waals surface area contributed by atoms with Crippen LogP contribution in [0.4, 0.5) is 10.1 Å². The Morgan fingerprint density at radius 1 is 1.00 bits per heavy atom. The van der Waals surface area contributed by atoms with Crippen molar-refractivity contribution in [3.63, 3.8) is 0 Å². The average molecular weight is 269 g/mol. The molecule has 0 unspecified atom stereocenters. The number of halogens is 1. The highest BCUT2D eigenvalue weighted by atomic mass is 19.1. The Morgan fingerprint density at radius 2 is 1.75 bits per heavy atom. The van der Waals surface area contributed by atoms with Crippen molar-refractivity contribution in [2.24, 2.45) is 0 Å². The number of rotatable bonds is 4. The van der Waals surface area contributed by atoms with E-state index in [2.05, 4.69) is 20.8 Å². The molecular formula is C14H12FN5. The molecule has 1 aromatic heterocycles. The van der Waals surface area contributed by atoms with Crippen molar-refractivity contribution in [3.05, 3.63) is 66.2 Å². The largest absolute Gasteiger partial charge is 0.381 e. The number of tetrazole rings is 1. The van der Waals surface area contributed by atoms with Gasteiger partial charge in [-0.05, 0) is 52.4 Å². The Balaban J connectivity index is 1.65. The van der Waals surface area contributed by atoms with E-state index in [-0.39, 0.29) is 5.82 Å². The molecule has 0 atom stereocenters. The monoisotopic (exact) mass is 269 g/mol. The van der Waals surface area contributed by atoms with Gasteiger partial charge in [0.15, 0.2) is 0 Å². The van der Waals surface area contributed by atoms with E-state index in [1.807, 2.05) is 24.3 Å². The van der Waals surface area contributed by atoms with Crippen molar-refractivity contribution in [2.75, 3.05) is 5.32 Å². The highest BCUT2D eigenvalue weighted by Gasteiger charge is 1.99. The molecule has 0 amide bonds. The molecule has 6 heteroatoms. The van der Waals surface area contributed by atoms with Gasteiger partial charge in [0.05, 0.1) is 5.69 Å². The summed E-state index contributed by atoms with van der Waals surface area (Å²) >= 11 is 0. The lowest BCUT2D eigenvalue weighted by Crippen LogP contribution is -2.00. The van der Waals surface area contributed by atoms with E-state index >= 15 is 0 Å². The summed E-state index contributed by atoms with van der Waals surface area (Å²) < 4.78 is 14.4. The van der Waals surface area contributed by atoms with Gasteiger partial charge in [-0.2, -0.15) is 0 Å². The summed E-state index contributed by atoms with van der Waals surface area (Å²) in [5, 5.41) is 14.3. The number of nitrogens with zero attached hydrogens (tertiary/aromatic N) is 4. The number of hydrogen-bond acceptors (Lipinski definition) is 4. The Labute approximate surface area is 115 Å². The Kier molecular flexibility index (Phi) is 3.36. The maximum atomic E-state index is 12.8. The third-order valence-electron chi connectivity index (χ3n) is 2.89. The Hall–Kier alpha value is -2.76. The van der Waals surface area contributed by atoms with Gasteiger partial charge in [-0.1, -0.05) is 12.1 Å². The van der Waals surface area contributed by atoms with E-state index in [9.17, 15) is 4.39 Å². The molecular weight excluding hydrogens is 257 g/mol. The highest BCUT2D eigenvalue weighted by Crippen LogP contribution is 2.13. The number of hydrogen-bond donors (Lipinski definition) is 1. The minimum atomic E-state index is -0.223. The molecule has 0 radical (unpaired) electrons. The van der Waals surface area contributed by atoms with Crippen molar-refractivity contribution in [1.29, 1.82) is 0 Å². The first-order valence-electron chi connectivity index (χ1n) is 6.13. The molecule has 3 rings (SSSR count). The van der Waals surface area contributed by atoms with Gasteiger partial charge in [0.25, 0.3) is 0 Å². The number of aromatic nitrogens is 4. The molecule has 2 aromatic carbocycles. The van der Waals surface area contributed by atoms with E-state index in [1.165, 1.54) is 12.1 Å². The topological polar surface area (TPSA) is 55.6 Å². The standard InChI is InChI=1S/C14H12FN5/c15-12-3-1-11(2-4-12)9-16-13-5-7-14(8-6-13)20-10-17-18-19-20/h1-8,10,16H,9H2. The van der Waals surface area contributed by atoms with E-state index in [4.69, 9.17) is 0 Å². The van der Waals surface area contributed by atoms with E-state index in [0.29, 0.717) is 6.54 Å². The second kappa shape index (κ2) is 5.48. The summed E-state index contributed by atoms with van der Waals surface area (Å²) in [5.74, 6) is -0.223. The predicted octanol–water partition coefficient (Wildman–Crippen LogP) is 2.41. The maximum Gasteiger partial charge on any atom is 0.143 e. The lowest BCUT2D eigenvalue weighted by Gasteiger charge is -2.07. The van der Waals surface area contributed by atoms with Crippen molar-refractivity contribution in [2.45, 2.75) is 6.54 Å². The van der Waals surface area contributed by atoms with Crippen LogP contribution < -0.4 is 5.32 Å². The summed E-state index contributed by atoms with van der Waals surface area (Å²) in [5.41, 5.74) is 2.89. The number of nitrogens with one attached hydrogen (secondary N) is 1. The van der Waals surface area contributed by atoms with E-state index in [0.717, 1.165) is 16.9 Å². The van der Waals surface area contributed by atoms with Crippen molar-refractivity contribution >= 4 is 5.69 Å². The van der Waals surface area contributed by atoms with Gasteiger partial charge in [0.1, 0.15) is 12.1 Å². The molecule has 0 spiro atoms. The van der Waals surface area contributed by atoms with Crippen LogP contribution in [-0.2, 0) is 6.54 Å². The van der Waals surface area contributed by atoms with Gasteiger partial charge in [0, 0.05) is 12.2 Å². The SMILES string of the molecule is Fc1ccc(CNc2ccc(-n3cnnn3)cc2)cc1. The quantitative estimate of drug-likeness (QED) is 0.790. The van der Waals surface area contributed by atoms with Crippen LogP contribution in [0.3, 0.4) is 0 Å². The zero-order valence-electron chi connectivity index (χ0n) is 10.6. The van der Waals surface area contributed by atoms with Crippen LogP contribution in [0.2, 0.25) is 0 Å². The first-order valence-corrected chi connectivity index (χ1v) is 6.13. The third kappa shape index (κ3) is 2.80. The predicted molar refractivity (Wildman–Crippen MR) is 72.9 cm³/mol. The van der Waals surface area contributed by atoms with Crippen molar-refractivity contribution in [1.82, 2.24) is 20.2 Å². The molecule has 0 bridgehead atoms. The van der Waals surface area contributed by atoms with Gasteiger partial charge in [-0.3, -0.25) is 0 Å². The number of benzene rings is 2. The fourth-order valence-corrected chi connectivity index (χ4v) is 1.82.